The van der Waals surface area contributed by atoms with Crippen molar-refractivity contribution in [2.24, 2.45) is 5.92 Å². The van der Waals surface area contributed by atoms with Gasteiger partial charge in [0.15, 0.2) is 0 Å². The van der Waals surface area contributed by atoms with Crippen molar-refractivity contribution in [2.45, 2.75) is 70.0 Å². The van der Waals surface area contributed by atoms with Gasteiger partial charge < -0.3 is 20.0 Å². The van der Waals surface area contributed by atoms with Crippen LogP contribution in [0.15, 0.2) is 24.3 Å². The first-order valence-corrected chi connectivity index (χ1v) is 12.3. The lowest BCUT2D eigenvalue weighted by atomic mass is 9.94. The maximum absolute atomic E-state index is 13.2. The maximum Gasteiger partial charge on any atom is 0.317 e. The summed E-state index contributed by atoms with van der Waals surface area (Å²) >= 11 is 0. The fourth-order valence-electron chi connectivity index (χ4n) is 5.93. The quantitative estimate of drug-likeness (QED) is 0.789. The van der Waals surface area contributed by atoms with Crippen molar-refractivity contribution in [3.8, 4) is 0 Å². The predicted octanol–water partition coefficient (Wildman–Crippen LogP) is 3.00. The van der Waals surface area contributed by atoms with E-state index in [1.165, 1.54) is 12.8 Å². The van der Waals surface area contributed by atoms with Gasteiger partial charge in [-0.05, 0) is 50.2 Å². The summed E-state index contributed by atoms with van der Waals surface area (Å²) in [6.07, 6.45) is 7.91. The molecule has 0 bridgehead atoms. The van der Waals surface area contributed by atoms with E-state index in [0.29, 0.717) is 32.2 Å². The highest BCUT2D eigenvalue weighted by molar-refractivity contribution is 5.98. The summed E-state index contributed by atoms with van der Waals surface area (Å²) in [6.45, 7) is 3.32. The van der Waals surface area contributed by atoms with Crippen LogP contribution in [0.4, 0.5) is 4.79 Å². The Hall–Kier alpha value is -2.57. The molecule has 4 aliphatic rings. The number of rotatable bonds is 3. The van der Waals surface area contributed by atoms with Crippen LogP contribution >= 0.6 is 0 Å². The van der Waals surface area contributed by atoms with Gasteiger partial charge >= 0.3 is 6.03 Å². The summed E-state index contributed by atoms with van der Waals surface area (Å²) in [5.41, 5.74) is 1.93. The highest BCUT2D eigenvalue weighted by atomic mass is 16.2. The largest absolute Gasteiger partial charge is 0.342 e. The number of piperidine rings is 2. The van der Waals surface area contributed by atoms with Crippen LogP contribution in [0, 0.1) is 5.92 Å². The SMILES string of the molecule is O=C(NC1CCCC1)N1CCCC(C(=O)N2CCC(N3Cc4ccccc4C3=O)CC2)C1. The first-order valence-electron chi connectivity index (χ1n) is 12.3. The number of hydrogen-bond acceptors (Lipinski definition) is 3. The van der Waals surface area contributed by atoms with Crippen LogP contribution in [0.5, 0.6) is 0 Å². The first-order chi connectivity index (χ1) is 15.6. The van der Waals surface area contributed by atoms with Crippen LogP contribution < -0.4 is 5.32 Å². The third-order valence-electron chi connectivity index (χ3n) is 7.81. The van der Waals surface area contributed by atoms with Gasteiger partial charge in [0.25, 0.3) is 5.91 Å². The van der Waals surface area contributed by atoms with Gasteiger partial charge in [0.2, 0.25) is 5.91 Å². The molecule has 2 saturated heterocycles. The number of urea groups is 1. The zero-order chi connectivity index (χ0) is 22.1. The Bertz CT molecular complexity index is 874. The second-order valence-corrected chi connectivity index (χ2v) is 9.86. The number of fused-ring (bicyclic) bond motifs is 1. The predicted molar refractivity (Wildman–Crippen MR) is 121 cm³/mol. The number of carbonyl (C=O) groups excluding carboxylic acids is 3. The standard InChI is InChI=1S/C25H34N4O3/c30-23(19-7-5-13-28(16-19)25(32)26-20-8-2-3-9-20)27-14-11-21(12-15-27)29-17-18-6-1-4-10-22(18)24(29)31/h1,4,6,10,19-21H,2-3,5,7-9,11-17H2,(H,26,32). The number of likely N-dealkylation sites (tertiary alicyclic amines) is 2. The number of amides is 4. The molecule has 0 spiro atoms. The first kappa shape index (κ1) is 21.3. The van der Waals surface area contributed by atoms with Crippen LogP contribution in [-0.4, -0.2) is 70.8 Å². The van der Waals surface area contributed by atoms with Crippen molar-refractivity contribution < 1.29 is 14.4 Å². The van der Waals surface area contributed by atoms with Gasteiger partial charge in [-0.15, -0.1) is 0 Å². The zero-order valence-electron chi connectivity index (χ0n) is 18.8. The van der Waals surface area contributed by atoms with Crippen LogP contribution in [0.25, 0.3) is 0 Å². The number of carbonyl (C=O) groups is 3. The Morgan fingerprint density at radius 3 is 2.38 bits per heavy atom. The summed E-state index contributed by atoms with van der Waals surface area (Å²) in [5.74, 6) is 0.201. The molecule has 1 saturated carbocycles. The molecule has 4 amide bonds. The summed E-state index contributed by atoms with van der Waals surface area (Å²) in [7, 11) is 0. The number of benzene rings is 1. The molecule has 3 heterocycles. The topological polar surface area (TPSA) is 73.0 Å². The summed E-state index contributed by atoms with van der Waals surface area (Å²) in [4.78, 5) is 44.5. The Labute approximate surface area is 190 Å². The fraction of sp³-hybridized carbons (Fsp3) is 0.640. The third kappa shape index (κ3) is 4.21. The molecule has 0 aromatic heterocycles. The average Bonchev–Trinajstić information content (AvgIpc) is 3.47. The fourth-order valence-corrected chi connectivity index (χ4v) is 5.93. The second-order valence-electron chi connectivity index (χ2n) is 9.86. The van der Waals surface area contributed by atoms with E-state index in [4.69, 9.17) is 0 Å². The van der Waals surface area contributed by atoms with Crippen molar-refractivity contribution in [2.75, 3.05) is 26.2 Å². The van der Waals surface area contributed by atoms with Crippen molar-refractivity contribution in [1.29, 1.82) is 0 Å². The van der Waals surface area contributed by atoms with Gasteiger partial charge in [-0.2, -0.15) is 0 Å². The van der Waals surface area contributed by atoms with Crippen molar-refractivity contribution in [3.05, 3.63) is 35.4 Å². The molecular weight excluding hydrogens is 404 g/mol. The van der Waals surface area contributed by atoms with E-state index < -0.39 is 0 Å². The number of hydrogen-bond donors (Lipinski definition) is 1. The number of nitrogens with one attached hydrogen (secondary N) is 1. The van der Waals surface area contributed by atoms with Crippen molar-refractivity contribution in [1.82, 2.24) is 20.0 Å². The minimum Gasteiger partial charge on any atom is -0.342 e. The summed E-state index contributed by atoms with van der Waals surface area (Å²) in [6, 6.07) is 8.34. The molecule has 1 atom stereocenters. The molecule has 7 heteroatoms. The molecule has 7 nitrogen and oxygen atoms in total. The van der Waals surface area contributed by atoms with E-state index in [0.717, 1.165) is 56.2 Å². The Balaban J connectivity index is 1.13. The van der Waals surface area contributed by atoms with E-state index in [2.05, 4.69) is 5.32 Å². The molecule has 1 aliphatic carbocycles. The van der Waals surface area contributed by atoms with Crippen molar-refractivity contribution in [3.63, 3.8) is 0 Å². The maximum atomic E-state index is 13.2. The average molecular weight is 439 g/mol. The summed E-state index contributed by atoms with van der Waals surface area (Å²) < 4.78 is 0. The highest BCUT2D eigenvalue weighted by Gasteiger charge is 2.37. The van der Waals surface area contributed by atoms with E-state index in [1.807, 2.05) is 39.0 Å². The smallest absolute Gasteiger partial charge is 0.317 e. The van der Waals surface area contributed by atoms with Gasteiger partial charge in [-0.25, -0.2) is 4.79 Å². The van der Waals surface area contributed by atoms with Gasteiger partial charge in [0.1, 0.15) is 0 Å². The van der Waals surface area contributed by atoms with Crippen LogP contribution in [0.1, 0.15) is 67.3 Å². The lowest BCUT2D eigenvalue weighted by Crippen LogP contribution is -2.53. The highest BCUT2D eigenvalue weighted by Crippen LogP contribution is 2.29. The second kappa shape index (κ2) is 9.12. The number of nitrogens with zero attached hydrogens (tertiary/aromatic N) is 3. The van der Waals surface area contributed by atoms with E-state index in [9.17, 15) is 14.4 Å². The normalized spacial score (nSPS) is 24.7. The monoisotopic (exact) mass is 438 g/mol. The Kier molecular flexibility index (Phi) is 6.07. The van der Waals surface area contributed by atoms with Crippen LogP contribution in [0.3, 0.4) is 0 Å². The van der Waals surface area contributed by atoms with Crippen LogP contribution in [-0.2, 0) is 11.3 Å². The molecule has 1 aromatic carbocycles. The van der Waals surface area contributed by atoms with E-state index in [-0.39, 0.29) is 29.8 Å². The molecule has 5 rings (SSSR count). The molecule has 32 heavy (non-hydrogen) atoms. The van der Waals surface area contributed by atoms with Gasteiger partial charge in [0.05, 0.1) is 5.92 Å². The van der Waals surface area contributed by atoms with Gasteiger partial charge in [-0.3, -0.25) is 9.59 Å². The summed E-state index contributed by atoms with van der Waals surface area (Å²) in [5, 5.41) is 3.16. The third-order valence-corrected chi connectivity index (χ3v) is 7.81. The molecule has 172 valence electrons. The molecule has 1 unspecified atom stereocenters. The van der Waals surface area contributed by atoms with Gasteiger partial charge in [-0.1, -0.05) is 31.0 Å². The Morgan fingerprint density at radius 2 is 1.62 bits per heavy atom. The minimum atomic E-state index is -0.104. The molecule has 3 fully saturated rings. The molecular formula is C25H34N4O3. The van der Waals surface area contributed by atoms with Crippen molar-refractivity contribution >= 4 is 17.8 Å². The molecule has 1 aromatic rings. The Morgan fingerprint density at radius 1 is 0.875 bits per heavy atom. The van der Waals surface area contributed by atoms with Gasteiger partial charge in [0, 0.05) is 50.4 Å². The van der Waals surface area contributed by atoms with E-state index >= 15 is 0 Å². The van der Waals surface area contributed by atoms with E-state index in [1.54, 1.807) is 0 Å². The zero-order valence-corrected chi connectivity index (χ0v) is 18.8. The molecule has 0 radical (unpaired) electrons. The lowest BCUT2D eigenvalue weighted by Gasteiger charge is -2.40. The minimum absolute atomic E-state index is 0.000204. The van der Waals surface area contributed by atoms with Crippen LogP contribution in [0.2, 0.25) is 0 Å². The molecule has 3 aliphatic heterocycles. The molecule has 1 N–H and O–H groups in total. The lowest BCUT2D eigenvalue weighted by molar-refractivity contribution is -0.138.